The highest BCUT2D eigenvalue weighted by Crippen LogP contribution is 2.45. The lowest BCUT2D eigenvalue weighted by Crippen LogP contribution is -2.39. The number of rotatable bonds is 10. The van der Waals surface area contributed by atoms with Crippen molar-refractivity contribution in [2.24, 2.45) is 16.5 Å². The Morgan fingerprint density at radius 2 is 1.93 bits per heavy atom. The Bertz CT molecular complexity index is 1480. The zero-order chi connectivity index (χ0) is 29.3. The molecule has 2 heterocycles. The molecule has 2 aromatic carbocycles. The van der Waals surface area contributed by atoms with Crippen molar-refractivity contribution >= 4 is 22.6 Å². The average molecular weight is 567 g/mol. The zero-order valence-corrected chi connectivity index (χ0v) is 23.4. The molecule has 2 atom stereocenters. The number of hydrogen-bond acceptors (Lipinski definition) is 9. The molecule has 1 aliphatic carbocycles. The van der Waals surface area contributed by atoms with E-state index < -0.39 is 17.8 Å². The summed E-state index contributed by atoms with van der Waals surface area (Å²) in [5, 5.41) is 31.4. The molecule has 1 aromatic heterocycles. The Morgan fingerprint density at radius 3 is 2.56 bits per heavy atom. The summed E-state index contributed by atoms with van der Waals surface area (Å²) in [5.74, 6) is 0.924. The number of aliphatic hydroxyl groups excluding tert-OH is 1. The molecule has 8 N–H and O–H groups in total. The molecule has 1 fully saturated rings. The second-order valence-electron chi connectivity index (χ2n) is 11.4. The Kier molecular flexibility index (Phi) is 8.12. The van der Waals surface area contributed by atoms with Crippen molar-refractivity contribution < 1.29 is 29.3 Å². The Morgan fingerprint density at radius 1 is 1.22 bits per heavy atom. The van der Waals surface area contributed by atoms with E-state index in [0.717, 1.165) is 36.8 Å². The highest BCUT2D eigenvalue weighted by molar-refractivity contribution is 5.88. The van der Waals surface area contributed by atoms with Gasteiger partial charge >= 0.3 is 0 Å². The van der Waals surface area contributed by atoms with Crippen molar-refractivity contribution in [2.45, 2.75) is 82.7 Å². The number of nitrogens with zero attached hydrogens (tertiary/aromatic N) is 1. The fourth-order valence-electron chi connectivity index (χ4n) is 5.55. The summed E-state index contributed by atoms with van der Waals surface area (Å²) < 4.78 is 19.0. The van der Waals surface area contributed by atoms with E-state index in [0.29, 0.717) is 29.0 Å². The number of ether oxygens (including phenoxy) is 2. The molecule has 0 unspecified atom stereocenters. The quantitative estimate of drug-likeness (QED) is 0.121. The van der Waals surface area contributed by atoms with E-state index in [1.807, 2.05) is 0 Å². The Hall–Kier alpha value is -3.80. The van der Waals surface area contributed by atoms with Crippen LogP contribution >= 0.6 is 0 Å². The van der Waals surface area contributed by atoms with Crippen LogP contribution in [-0.4, -0.2) is 45.7 Å². The molecule has 0 radical (unpaired) electrons. The normalized spacial score (nSPS) is 17.7. The molecule has 11 nitrogen and oxygen atoms in total. The molecule has 1 saturated carbocycles. The van der Waals surface area contributed by atoms with Gasteiger partial charge in [-0.25, -0.2) is 0 Å². The van der Waals surface area contributed by atoms with Crippen LogP contribution in [0.5, 0.6) is 11.5 Å². The fourth-order valence-corrected chi connectivity index (χ4v) is 5.55. The Labute approximate surface area is 237 Å². The maximum absolute atomic E-state index is 14.4. The van der Waals surface area contributed by atoms with Crippen LogP contribution in [0.1, 0.15) is 74.5 Å². The first-order chi connectivity index (χ1) is 19.5. The van der Waals surface area contributed by atoms with E-state index in [1.54, 1.807) is 44.2 Å². The fraction of sp³-hybridized carbons (Fsp3) is 0.467. The maximum Gasteiger partial charge on any atom is 0.200 e. The van der Waals surface area contributed by atoms with Gasteiger partial charge in [-0.05, 0) is 57.2 Å². The van der Waals surface area contributed by atoms with E-state index >= 15 is 0 Å². The van der Waals surface area contributed by atoms with Crippen LogP contribution < -0.4 is 31.8 Å². The minimum Gasteiger partial charge on any atom is -0.489 e. The molecule has 2 aliphatic rings. The van der Waals surface area contributed by atoms with Crippen LogP contribution in [0.2, 0.25) is 0 Å². The SMILES string of the molecule is CC(C)(O)[C@@H]1Cc2c(cc3oc([C@H](O)CCN=C(N)N)c(Cc4ccc(NO)cc4)c(=O)c3c2OC2CCCC2)O1. The first-order valence-corrected chi connectivity index (χ1v) is 14.0. The van der Waals surface area contributed by atoms with Crippen molar-refractivity contribution in [1.29, 1.82) is 0 Å². The molecule has 0 bridgehead atoms. The average Bonchev–Trinajstić information content (AvgIpc) is 3.60. The van der Waals surface area contributed by atoms with E-state index in [-0.39, 0.29) is 53.8 Å². The highest BCUT2D eigenvalue weighted by atomic mass is 16.5. The minimum absolute atomic E-state index is 0.0443. The number of nitrogens with one attached hydrogen (secondary N) is 1. The molecule has 0 amide bonds. The molecular formula is C30H38N4O7. The number of fused-ring (bicyclic) bond motifs is 2. The van der Waals surface area contributed by atoms with Gasteiger partial charge < -0.3 is 35.6 Å². The lowest BCUT2D eigenvalue weighted by atomic mass is 9.94. The molecule has 0 saturated heterocycles. The van der Waals surface area contributed by atoms with E-state index in [9.17, 15) is 20.2 Å². The third-order valence-electron chi connectivity index (χ3n) is 7.82. The van der Waals surface area contributed by atoms with Crippen LogP contribution in [0.15, 0.2) is 44.5 Å². The van der Waals surface area contributed by atoms with Gasteiger partial charge in [0.25, 0.3) is 0 Å². The summed E-state index contributed by atoms with van der Waals surface area (Å²) in [6.45, 7) is 3.51. The summed E-state index contributed by atoms with van der Waals surface area (Å²) >= 11 is 0. The molecule has 0 spiro atoms. The Balaban J connectivity index is 1.68. The second-order valence-corrected chi connectivity index (χ2v) is 11.4. The monoisotopic (exact) mass is 566 g/mol. The summed E-state index contributed by atoms with van der Waals surface area (Å²) in [6, 6.07) is 8.57. The lowest BCUT2D eigenvalue weighted by molar-refractivity contribution is -0.0229. The highest BCUT2D eigenvalue weighted by Gasteiger charge is 2.39. The van der Waals surface area contributed by atoms with Gasteiger partial charge in [0.1, 0.15) is 40.4 Å². The summed E-state index contributed by atoms with van der Waals surface area (Å²) in [7, 11) is 0. The van der Waals surface area contributed by atoms with E-state index in [1.165, 1.54) is 0 Å². The molecule has 220 valence electrons. The molecule has 5 rings (SSSR count). The van der Waals surface area contributed by atoms with E-state index in [4.69, 9.17) is 25.4 Å². The second kappa shape index (κ2) is 11.6. The number of aliphatic imine (C=N–C) groups is 1. The molecule has 3 aromatic rings. The number of benzene rings is 2. The van der Waals surface area contributed by atoms with Gasteiger partial charge in [-0.15, -0.1) is 0 Å². The van der Waals surface area contributed by atoms with Gasteiger partial charge in [0.05, 0.1) is 17.4 Å². The molecule has 11 heteroatoms. The number of aliphatic hydroxyl groups is 2. The van der Waals surface area contributed by atoms with Crippen molar-refractivity contribution in [3.63, 3.8) is 0 Å². The standard InChI is InChI=1S/C30H38N4O7/c1-30(2,37)24-14-19-22(40-24)15-23-25(28(19)39-18-5-3-4-6-18)26(36)20(13-16-7-9-17(34-38)10-8-16)27(41-23)21(35)11-12-33-29(31)32/h7-10,15,18,21,24,34-35,37-38H,3-6,11-14H2,1-2H3,(H4,31,32,33)/t21-,24+/m1/s1. The lowest BCUT2D eigenvalue weighted by Gasteiger charge is -2.24. The molecule has 41 heavy (non-hydrogen) atoms. The number of nitrogens with two attached hydrogens (primary N) is 2. The van der Waals surface area contributed by atoms with Crippen molar-refractivity contribution in [2.75, 3.05) is 12.0 Å². The van der Waals surface area contributed by atoms with Gasteiger partial charge in [-0.1, -0.05) is 12.1 Å². The van der Waals surface area contributed by atoms with Crippen LogP contribution in [0, 0.1) is 0 Å². The van der Waals surface area contributed by atoms with Gasteiger partial charge in [0, 0.05) is 43.0 Å². The molecule has 1 aliphatic heterocycles. The minimum atomic E-state index is -1.17. The van der Waals surface area contributed by atoms with Gasteiger partial charge in [-0.2, -0.15) is 0 Å². The predicted molar refractivity (Wildman–Crippen MR) is 155 cm³/mol. The van der Waals surface area contributed by atoms with Crippen LogP contribution in [0.4, 0.5) is 5.69 Å². The third-order valence-corrected chi connectivity index (χ3v) is 7.82. The maximum atomic E-state index is 14.4. The number of guanidine groups is 1. The van der Waals surface area contributed by atoms with Crippen molar-refractivity contribution in [1.82, 2.24) is 0 Å². The summed E-state index contributed by atoms with van der Waals surface area (Å²) in [5.41, 5.74) is 14.1. The molecular weight excluding hydrogens is 528 g/mol. The third kappa shape index (κ3) is 6.12. The first-order valence-electron chi connectivity index (χ1n) is 14.0. The number of hydrogen-bond donors (Lipinski definition) is 6. The predicted octanol–water partition coefficient (Wildman–Crippen LogP) is 3.28. The van der Waals surface area contributed by atoms with Crippen LogP contribution in [0.25, 0.3) is 11.0 Å². The van der Waals surface area contributed by atoms with Gasteiger partial charge in [0.15, 0.2) is 11.4 Å². The largest absolute Gasteiger partial charge is 0.489 e. The zero-order valence-electron chi connectivity index (χ0n) is 23.4. The van der Waals surface area contributed by atoms with Crippen LogP contribution in [0.3, 0.4) is 0 Å². The van der Waals surface area contributed by atoms with Crippen molar-refractivity contribution in [3.8, 4) is 11.5 Å². The smallest absolute Gasteiger partial charge is 0.200 e. The summed E-state index contributed by atoms with van der Waals surface area (Å²) in [6.07, 6.45) is 2.79. The number of anilines is 1. The first kappa shape index (κ1) is 28.7. The van der Waals surface area contributed by atoms with Crippen LogP contribution in [-0.2, 0) is 12.8 Å². The van der Waals surface area contributed by atoms with E-state index in [2.05, 4.69) is 10.5 Å². The van der Waals surface area contributed by atoms with Gasteiger partial charge in [0.2, 0.25) is 0 Å². The topological polar surface area (TPSA) is 186 Å². The van der Waals surface area contributed by atoms with Gasteiger partial charge in [-0.3, -0.25) is 20.5 Å². The van der Waals surface area contributed by atoms with Crippen molar-refractivity contribution in [3.05, 3.63) is 63.0 Å². The summed E-state index contributed by atoms with van der Waals surface area (Å²) in [4.78, 5) is 18.3.